The predicted octanol–water partition coefficient (Wildman–Crippen LogP) is 6.23. The molecule has 1 aliphatic heterocycles. The van der Waals surface area contributed by atoms with Gasteiger partial charge in [0.05, 0.1) is 11.9 Å². The number of hydrogen-bond acceptors (Lipinski definition) is 7. The van der Waals surface area contributed by atoms with Crippen LogP contribution in [0.3, 0.4) is 0 Å². The summed E-state index contributed by atoms with van der Waals surface area (Å²) in [5.41, 5.74) is -0.433. The molecule has 240 valence electrons. The number of ether oxygens (including phenoxy) is 1. The molecule has 5 rings (SSSR count). The molecule has 3 saturated carbocycles. The van der Waals surface area contributed by atoms with Crippen LogP contribution >= 0.6 is 11.8 Å². The Labute approximate surface area is 268 Å². The Balaban J connectivity index is 1.33. The van der Waals surface area contributed by atoms with Gasteiger partial charge in [-0.2, -0.15) is 0 Å². The van der Waals surface area contributed by atoms with Gasteiger partial charge in [-0.15, -0.1) is 18.3 Å². The van der Waals surface area contributed by atoms with Gasteiger partial charge in [0.1, 0.15) is 23.8 Å². The van der Waals surface area contributed by atoms with Crippen LogP contribution in [0.25, 0.3) is 0 Å². The fraction of sp³-hybridized carbons (Fsp3) is 0.667. The minimum Gasteiger partial charge on any atom is -0.461 e. The number of rotatable bonds is 8. The van der Waals surface area contributed by atoms with Gasteiger partial charge < -0.3 is 14.7 Å². The summed E-state index contributed by atoms with van der Waals surface area (Å²) in [6.07, 6.45) is 7.22. The fourth-order valence-electron chi connectivity index (χ4n) is 9.18. The van der Waals surface area contributed by atoms with Crippen molar-refractivity contribution >= 4 is 35.6 Å². The maximum absolute atomic E-state index is 13.6. The molecular weight excluding hydrogens is 570 g/mol. The lowest BCUT2D eigenvalue weighted by Gasteiger charge is -2.61. The number of benzene rings is 1. The molecule has 2 bridgehead atoms. The number of aliphatic hydroxyl groups excluding tert-OH is 1. The molecule has 0 spiro atoms. The standard InChI is InChI=1S/C36H51N3O4S/c1-8-34(5)20-29(35(6)23(3)13-16-36(24(4)32(34)42)17-14-28(40)31(35)36)43-30(41)22-44-26-12-10-11-25(19-26)21-38-27-15-18-39(9-2)33(27)37-7/h8,10-12,19,21,23-24,27,29,31-32,42H,1,9,13-18,20,22H2,2-7H3/t23?,24-,27?,29+,31?,32-,34+,35-,36?/m0/s1. The van der Waals surface area contributed by atoms with E-state index in [1.807, 2.05) is 44.5 Å². The quantitative estimate of drug-likeness (QED) is 0.160. The van der Waals surface area contributed by atoms with Crippen LogP contribution in [-0.4, -0.2) is 77.9 Å². The minimum absolute atomic E-state index is 0.0445. The molecule has 1 N–H and O–H groups in total. The molecule has 9 atom stereocenters. The lowest BCUT2D eigenvalue weighted by Crippen LogP contribution is -2.63. The van der Waals surface area contributed by atoms with E-state index in [-0.39, 0.29) is 46.7 Å². The fourth-order valence-corrected chi connectivity index (χ4v) is 9.93. The second kappa shape index (κ2) is 12.7. The van der Waals surface area contributed by atoms with Gasteiger partial charge in [-0.3, -0.25) is 19.6 Å². The number of likely N-dealkylation sites (N-methyl/N-ethyl adjacent to an activating group) is 1. The van der Waals surface area contributed by atoms with Crippen molar-refractivity contribution < 1.29 is 19.4 Å². The number of carbonyl (C=O) groups excluding carboxylic acids is 2. The predicted molar refractivity (Wildman–Crippen MR) is 178 cm³/mol. The first-order valence-corrected chi connectivity index (χ1v) is 17.4. The molecule has 4 fully saturated rings. The van der Waals surface area contributed by atoms with E-state index in [0.29, 0.717) is 12.8 Å². The van der Waals surface area contributed by atoms with E-state index in [1.165, 1.54) is 11.8 Å². The molecule has 1 aromatic rings. The van der Waals surface area contributed by atoms with Gasteiger partial charge >= 0.3 is 5.97 Å². The summed E-state index contributed by atoms with van der Waals surface area (Å²) in [5.74, 6) is 1.13. The van der Waals surface area contributed by atoms with E-state index in [0.717, 1.165) is 55.1 Å². The Bertz CT molecular complexity index is 1330. The lowest BCUT2D eigenvalue weighted by molar-refractivity contribution is -0.205. The Morgan fingerprint density at radius 1 is 1.25 bits per heavy atom. The summed E-state index contributed by atoms with van der Waals surface area (Å²) in [5, 5.41) is 11.7. The van der Waals surface area contributed by atoms with Crippen LogP contribution in [0, 0.1) is 34.0 Å². The first-order valence-electron chi connectivity index (χ1n) is 16.4. The highest BCUT2D eigenvalue weighted by atomic mass is 32.2. The number of Topliss-reactive ketones (excluding diaryl/α,β-unsaturated/α-hetero) is 1. The van der Waals surface area contributed by atoms with Crippen LogP contribution in [0.1, 0.15) is 78.7 Å². The van der Waals surface area contributed by atoms with Crippen molar-refractivity contribution in [2.45, 2.75) is 96.3 Å². The Hall–Kier alpha value is -2.45. The van der Waals surface area contributed by atoms with Gasteiger partial charge in [-0.05, 0) is 74.0 Å². The van der Waals surface area contributed by atoms with Crippen LogP contribution < -0.4 is 0 Å². The summed E-state index contributed by atoms with van der Waals surface area (Å²) in [7, 11) is 1.83. The summed E-state index contributed by atoms with van der Waals surface area (Å²) in [6, 6.07) is 8.14. The zero-order chi connectivity index (χ0) is 31.9. The van der Waals surface area contributed by atoms with Crippen molar-refractivity contribution in [3.63, 3.8) is 0 Å². The Kier molecular flexibility index (Phi) is 9.54. The summed E-state index contributed by atoms with van der Waals surface area (Å²) >= 11 is 1.45. The third kappa shape index (κ3) is 5.59. The summed E-state index contributed by atoms with van der Waals surface area (Å²) < 4.78 is 6.42. The second-order valence-electron chi connectivity index (χ2n) is 14.2. The third-order valence-electron chi connectivity index (χ3n) is 12.1. The van der Waals surface area contributed by atoms with Crippen molar-refractivity contribution in [3.8, 4) is 0 Å². The number of hydrogen-bond donors (Lipinski definition) is 1. The molecule has 3 aliphatic carbocycles. The van der Waals surface area contributed by atoms with Gasteiger partial charge in [-0.25, -0.2) is 0 Å². The molecule has 4 aliphatic rings. The van der Waals surface area contributed by atoms with Crippen molar-refractivity contribution in [3.05, 3.63) is 42.5 Å². The number of esters is 1. The molecule has 4 unspecified atom stereocenters. The summed E-state index contributed by atoms with van der Waals surface area (Å²) in [4.78, 5) is 39.7. The number of amidine groups is 1. The SMILES string of the molecule is C=C[C@]1(C)C[C@@H](OC(=O)CSc2cccc(C=NC3CCN(CC)C3=NC)c2)[C@]2(C)C(C)CCC3(CCC(=O)C32)[C@@H](C)[C@@H]1O. The van der Waals surface area contributed by atoms with Crippen LogP contribution in [0.2, 0.25) is 0 Å². The van der Waals surface area contributed by atoms with Crippen molar-refractivity contribution in [2.24, 2.45) is 44.0 Å². The molecule has 1 heterocycles. The number of ketones is 1. The van der Waals surface area contributed by atoms with E-state index in [9.17, 15) is 14.7 Å². The van der Waals surface area contributed by atoms with E-state index >= 15 is 0 Å². The van der Waals surface area contributed by atoms with Gasteiger partial charge in [0, 0.05) is 54.4 Å². The molecular formula is C36H51N3O4S. The van der Waals surface area contributed by atoms with Gasteiger partial charge in [0.2, 0.25) is 0 Å². The second-order valence-corrected chi connectivity index (χ2v) is 15.2. The number of likely N-dealkylation sites (tertiary alicyclic amines) is 1. The average molecular weight is 622 g/mol. The van der Waals surface area contributed by atoms with Gasteiger partial charge in [0.25, 0.3) is 0 Å². The Morgan fingerprint density at radius 3 is 2.73 bits per heavy atom. The van der Waals surface area contributed by atoms with Crippen LogP contribution in [0.4, 0.5) is 0 Å². The number of aliphatic imine (C=N–C) groups is 2. The minimum atomic E-state index is -0.666. The van der Waals surface area contributed by atoms with E-state index < -0.39 is 23.0 Å². The highest BCUT2D eigenvalue weighted by molar-refractivity contribution is 8.00. The van der Waals surface area contributed by atoms with E-state index in [1.54, 1.807) is 0 Å². The molecule has 0 aromatic heterocycles. The molecule has 8 heteroatoms. The molecule has 1 aromatic carbocycles. The average Bonchev–Trinajstić information content (AvgIpc) is 3.60. The monoisotopic (exact) mass is 621 g/mol. The smallest absolute Gasteiger partial charge is 0.316 e. The molecule has 0 amide bonds. The highest BCUT2D eigenvalue weighted by Gasteiger charge is 2.68. The van der Waals surface area contributed by atoms with Gasteiger partial charge in [-0.1, -0.05) is 45.9 Å². The highest BCUT2D eigenvalue weighted by Crippen LogP contribution is 2.68. The number of thioether (sulfide) groups is 1. The molecule has 44 heavy (non-hydrogen) atoms. The molecule has 7 nitrogen and oxygen atoms in total. The lowest BCUT2D eigenvalue weighted by atomic mass is 9.44. The van der Waals surface area contributed by atoms with Crippen LogP contribution in [-0.2, 0) is 14.3 Å². The first kappa shape index (κ1) is 32.9. The largest absolute Gasteiger partial charge is 0.461 e. The molecule has 1 saturated heterocycles. The zero-order valence-electron chi connectivity index (χ0n) is 27.4. The van der Waals surface area contributed by atoms with Gasteiger partial charge in [0.15, 0.2) is 0 Å². The number of carbonyl (C=O) groups is 2. The zero-order valence-corrected chi connectivity index (χ0v) is 28.2. The first-order chi connectivity index (χ1) is 20.9. The topological polar surface area (TPSA) is 91.6 Å². The van der Waals surface area contributed by atoms with Crippen LogP contribution in [0.15, 0.2) is 51.8 Å². The van der Waals surface area contributed by atoms with E-state index in [2.05, 4.69) is 50.2 Å². The van der Waals surface area contributed by atoms with Crippen LogP contribution in [0.5, 0.6) is 0 Å². The third-order valence-corrected chi connectivity index (χ3v) is 13.1. The van der Waals surface area contributed by atoms with E-state index in [4.69, 9.17) is 9.73 Å². The Morgan fingerprint density at radius 2 is 2.02 bits per heavy atom. The maximum atomic E-state index is 13.6. The number of nitrogens with zero attached hydrogens (tertiary/aromatic N) is 3. The molecule has 0 radical (unpaired) electrons. The maximum Gasteiger partial charge on any atom is 0.316 e. The number of aliphatic hydroxyl groups is 1. The summed E-state index contributed by atoms with van der Waals surface area (Å²) in [6.45, 7) is 16.7. The van der Waals surface area contributed by atoms with Crippen molar-refractivity contribution in [2.75, 3.05) is 25.9 Å². The van der Waals surface area contributed by atoms with Crippen molar-refractivity contribution in [1.29, 1.82) is 0 Å². The normalized spacial score (nSPS) is 39.8. The van der Waals surface area contributed by atoms with Crippen molar-refractivity contribution in [1.82, 2.24) is 4.90 Å².